The number of hydrogen-bond donors (Lipinski definition) is 1. The lowest BCUT2D eigenvalue weighted by Crippen LogP contribution is -2.36. The van der Waals surface area contributed by atoms with Gasteiger partial charge in [0.1, 0.15) is 17.9 Å². The van der Waals surface area contributed by atoms with E-state index in [1.54, 1.807) is 13.4 Å². The van der Waals surface area contributed by atoms with Gasteiger partial charge in [0.2, 0.25) is 0 Å². The lowest BCUT2D eigenvalue weighted by atomic mass is 9.87. The Bertz CT molecular complexity index is 869. The van der Waals surface area contributed by atoms with Crippen LogP contribution >= 0.6 is 0 Å². The van der Waals surface area contributed by atoms with E-state index in [4.69, 9.17) is 4.74 Å². The molecule has 0 aliphatic carbocycles. The summed E-state index contributed by atoms with van der Waals surface area (Å²) in [5.74, 6) is 2.06. The molecule has 1 N–H and O–H groups in total. The van der Waals surface area contributed by atoms with Crippen LogP contribution in [0.15, 0.2) is 54.9 Å². The molecule has 134 valence electrons. The zero-order valence-corrected chi connectivity index (χ0v) is 14.9. The highest BCUT2D eigenvalue weighted by atomic mass is 16.5. The fourth-order valence-electron chi connectivity index (χ4n) is 3.74. The van der Waals surface area contributed by atoms with Gasteiger partial charge in [0, 0.05) is 18.5 Å². The summed E-state index contributed by atoms with van der Waals surface area (Å²) in [7, 11) is 1.65. The number of fused-ring (bicyclic) bond motifs is 1. The van der Waals surface area contributed by atoms with Gasteiger partial charge in [-0.2, -0.15) is 0 Å². The zero-order valence-electron chi connectivity index (χ0n) is 14.9. The van der Waals surface area contributed by atoms with Crippen molar-refractivity contribution in [3.05, 3.63) is 60.4 Å². The van der Waals surface area contributed by atoms with Crippen molar-refractivity contribution in [1.29, 1.82) is 0 Å². The molecular weight excluding hydrogens is 326 g/mol. The van der Waals surface area contributed by atoms with E-state index in [2.05, 4.69) is 20.9 Å². The number of aliphatic hydroxyl groups excluding tert-OH is 1. The first-order chi connectivity index (χ1) is 12.8. The topological polar surface area (TPSA) is 58.5 Å². The minimum absolute atomic E-state index is 0.257. The number of piperidine rings is 1. The van der Waals surface area contributed by atoms with Gasteiger partial charge in [-0.1, -0.05) is 24.3 Å². The van der Waals surface area contributed by atoms with E-state index in [1.807, 2.05) is 42.5 Å². The quantitative estimate of drug-likeness (QED) is 0.780. The lowest BCUT2D eigenvalue weighted by Gasteiger charge is -2.35. The Labute approximate surface area is 153 Å². The van der Waals surface area contributed by atoms with Crippen LogP contribution in [0.1, 0.15) is 24.5 Å². The molecule has 1 aromatic heterocycles. The first kappa shape index (κ1) is 16.8. The van der Waals surface area contributed by atoms with Gasteiger partial charge in [0.25, 0.3) is 0 Å². The molecule has 1 saturated heterocycles. The fraction of sp³-hybridized carbons (Fsp3) is 0.333. The average molecular weight is 349 g/mol. The van der Waals surface area contributed by atoms with Gasteiger partial charge in [-0.25, -0.2) is 9.97 Å². The van der Waals surface area contributed by atoms with Crippen LogP contribution in [0.4, 0.5) is 5.82 Å². The van der Waals surface area contributed by atoms with Crippen molar-refractivity contribution >= 4 is 16.7 Å². The first-order valence-electron chi connectivity index (χ1n) is 9.03. The number of para-hydroxylation sites is 1. The van der Waals surface area contributed by atoms with Crippen LogP contribution in [-0.2, 0) is 0 Å². The Morgan fingerprint density at radius 2 is 1.77 bits per heavy atom. The number of hydrogen-bond acceptors (Lipinski definition) is 5. The molecule has 0 bridgehead atoms. The second-order valence-electron chi connectivity index (χ2n) is 6.76. The van der Waals surface area contributed by atoms with E-state index in [9.17, 15) is 5.11 Å². The van der Waals surface area contributed by atoms with E-state index in [0.717, 1.165) is 54.0 Å². The molecule has 1 aliphatic heterocycles. The van der Waals surface area contributed by atoms with Gasteiger partial charge in [-0.05, 0) is 48.6 Å². The third kappa shape index (κ3) is 3.22. The van der Waals surface area contributed by atoms with E-state index in [1.165, 1.54) is 0 Å². The maximum absolute atomic E-state index is 10.8. The molecule has 0 radical (unpaired) electrons. The minimum atomic E-state index is -0.440. The van der Waals surface area contributed by atoms with Crippen molar-refractivity contribution < 1.29 is 9.84 Å². The molecule has 1 atom stereocenters. The maximum atomic E-state index is 10.8. The highest BCUT2D eigenvalue weighted by molar-refractivity contribution is 5.89. The van der Waals surface area contributed by atoms with Gasteiger partial charge in [0.05, 0.1) is 18.7 Å². The molecule has 1 fully saturated rings. The van der Waals surface area contributed by atoms with Crippen molar-refractivity contribution in [1.82, 2.24) is 9.97 Å². The number of rotatable bonds is 4. The van der Waals surface area contributed by atoms with Crippen LogP contribution in [0.25, 0.3) is 10.9 Å². The third-order valence-corrected chi connectivity index (χ3v) is 5.26. The van der Waals surface area contributed by atoms with Crippen LogP contribution in [0, 0.1) is 5.92 Å². The predicted octanol–water partition coefficient (Wildman–Crippen LogP) is 3.59. The summed E-state index contributed by atoms with van der Waals surface area (Å²) < 4.78 is 5.19. The average Bonchev–Trinajstić information content (AvgIpc) is 2.73. The summed E-state index contributed by atoms with van der Waals surface area (Å²) in [6.45, 7) is 1.78. The van der Waals surface area contributed by atoms with Crippen molar-refractivity contribution in [2.24, 2.45) is 5.92 Å². The van der Waals surface area contributed by atoms with Crippen molar-refractivity contribution in [3.63, 3.8) is 0 Å². The summed E-state index contributed by atoms with van der Waals surface area (Å²) in [5.41, 5.74) is 1.93. The molecule has 1 unspecified atom stereocenters. The smallest absolute Gasteiger partial charge is 0.139 e. The Kier molecular flexibility index (Phi) is 4.71. The van der Waals surface area contributed by atoms with Crippen LogP contribution in [0.5, 0.6) is 5.75 Å². The summed E-state index contributed by atoms with van der Waals surface area (Å²) in [6.07, 6.45) is 3.07. The predicted molar refractivity (Wildman–Crippen MR) is 102 cm³/mol. The normalized spacial score (nSPS) is 16.6. The number of ether oxygens (including phenoxy) is 1. The Morgan fingerprint density at radius 3 is 2.50 bits per heavy atom. The van der Waals surface area contributed by atoms with E-state index < -0.39 is 6.10 Å². The van der Waals surface area contributed by atoms with Crippen LogP contribution in [0.3, 0.4) is 0 Å². The second kappa shape index (κ2) is 7.30. The Morgan fingerprint density at radius 1 is 1.04 bits per heavy atom. The Hall–Kier alpha value is -2.66. The van der Waals surface area contributed by atoms with Gasteiger partial charge in [0.15, 0.2) is 0 Å². The number of benzene rings is 2. The maximum Gasteiger partial charge on any atom is 0.139 e. The lowest BCUT2D eigenvalue weighted by molar-refractivity contribution is 0.0928. The molecule has 0 saturated carbocycles. The summed E-state index contributed by atoms with van der Waals surface area (Å²) >= 11 is 0. The van der Waals surface area contributed by atoms with Crippen molar-refractivity contribution in [2.75, 3.05) is 25.1 Å². The standard InChI is InChI=1S/C21H23N3O2/c1-26-17-8-6-15(7-9-17)20(25)16-10-12-24(13-11-16)21-18-4-2-3-5-19(18)22-14-23-21/h2-9,14,16,20,25H,10-13H2,1H3. The first-order valence-corrected chi connectivity index (χ1v) is 9.03. The van der Waals surface area contributed by atoms with Crippen molar-refractivity contribution in [2.45, 2.75) is 18.9 Å². The van der Waals surface area contributed by atoms with Crippen LogP contribution < -0.4 is 9.64 Å². The molecule has 2 heterocycles. The van der Waals surface area contributed by atoms with Gasteiger partial charge >= 0.3 is 0 Å². The molecular formula is C21H23N3O2. The van der Waals surface area contributed by atoms with Gasteiger partial charge in [-0.3, -0.25) is 0 Å². The molecule has 0 spiro atoms. The molecule has 2 aromatic carbocycles. The third-order valence-electron chi connectivity index (χ3n) is 5.26. The molecule has 3 aromatic rings. The van der Waals surface area contributed by atoms with E-state index in [-0.39, 0.29) is 5.92 Å². The monoisotopic (exact) mass is 349 g/mol. The molecule has 26 heavy (non-hydrogen) atoms. The number of aromatic nitrogens is 2. The second-order valence-corrected chi connectivity index (χ2v) is 6.76. The van der Waals surface area contributed by atoms with Gasteiger partial charge in [-0.15, -0.1) is 0 Å². The summed E-state index contributed by atoms with van der Waals surface area (Å²) in [4.78, 5) is 11.2. The van der Waals surface area contributed by atoms with Gasteiger partial charge < -0.3 is 14.7 Å². The van der Waals surface area contributed by atoms with Crippen molar-refractivity contribution in [3.8, 4) is 5.75 Å². The molecule has 4 rings (SSSR count). The summed E-state index contributed by atoms with van der Waals surface area (Å²) in [6, 6.07) is 15.8. The molecule has 5 nitrogen and oxygen atoms in total. The van der Waals surface area contributed by atoms with Crippen LogP contribution in [-0.4, -0.2) is 35.3 Å². The largest absolute Gasteiger partial charge is 0.497 e. The number of anilines is 1. The van der Waals surface area contributed by atoms with Crippen LogP contribution in [0.2, 0.25) is 0 Å². The SMILES string of the molecule is COc1ccc(C(O)C2CCN(c3ncnc4ccccc34)CC2)cc1. The number of aliphatic hydroxyl groups is 1. The van der Waals surface area contributed by atoms with E-state index >= 15 is 0 Å². The number of methoxy groups -OCH3 is 1. The molecule has 1 aliphatic rings. The fourth-order valence-corrected chi connectivity index (χ4v) is 3.74. The minimum Gasteiger partial charge on any atom is -0.497 e. The molecule has 5 heteroatoms. The molecule has 0 amide bonds. The Balaban J connectivity index is 1.46. The highest BCUT2D eigenvalue weighted by Gasteiger charge is 2.27. The highest BCUT2D eigenvalue weighted by Crippen LogP contribution is 2.34. The zero-order chi connectivity index (χ0) is 17.9. The number of nitrogens with zero attached hydrogens (tertiary/aromatic N) is 3. The summed E-state index contributed by atoms with van der Waals surface area (Å²) in [5, 5.41) is 11.8. The van der Waals surface area contributed by atoms with E-state index in [0.29, 0.717) is 0 Å².